The third-order valence-corrected chi connectivity index (χ3v) is 5.16. The summed E-state index contributed by atoms with van der Waals surface area (Å²) in [5.41, 5.74) is 1.06. The van der Waals surface area contributed by atoms with Crippen molar-refractivity contribution >= 4 is 5.91 Å². The molecule has 1 amide bonds. The Labute approximate surface area is 119 Å². The van der Waals surface area contributed by atoms with Gasteiger partial charge in [0.15, 0.2) is 0 Å². The first-order valence-electron chi connectivity index (χ1n) is 8.01. The maximum absolute atomic E-state index is 12.5. The predicted octanol–water partition coefficient (Wildman–Crippen LogP) is 1.95. The lowest BCUT2D eigenvalue weighted by Crippen LogP contribution is -2.43. The number of hydrogen-bond acceptors (Lipinski definition) is 3. The lowest BCUT2D eigenvalue weighted by atomic mass is 9.79. The lowest BCUT2D eigenvalue weighted by Gasteiger charge is -2.37. The molecule has 0 unspecified atom stereocenters. The van der Waals surface area contributed by atoms with E-state index in [1.165, 1.54) is 38.5 Å². The van der Waals surface area contributed by atoms with Gasteiger partial charge in [0.25, 0.3) is 0 Å². The van der Waals surface area contributed by atoms with Crippen LogP contribution in [0.15, 0.2) is 6.20 Å². The topological polar surface area (TPSA) is 51.0 Å². The molecule has 0 spiro atoms. The van der Waals surface area contributed by atoms with Crippen LogP contribution in [0.2, 0.25) is 0 Å². The standard InChI is InChI=1S/C15H22N4O/c20-15(10-18-9-13(16-17-18)11-6-7-11)19-8-2-5-14(19)12-3-1-4-12/h9,11-12,14H,1-8,10H2/t14-/m1/s1. The van der Waals surface area contributed by atoms with Gasteiger partial charge in [-0.05, 0) is 44.4 Å². The number of rotatable bonds is 4. The minimum absolute atomic E-state index is 0.228. The third kappa shape index (κ3) is 2.23. The van der Waals surface area contributed by atoms with E-state index in [-0.39, 0.29) is 5.91 Å². The van der Waals surface area contributed by atoms with E-state index in [9.17, 15) is 4.79 Å². The van der Waals surface area contributed by atoms with Gasteiger partial charge in [0.2, 0.25) is 5.91 Å². The summed E-state index contributed by atoms with van der Waals surface area (Å²) in [6.07, 6.45) is 10.7. The van der Waals surface area contributed by atoms with E-state index in [0.717, 1.165) is 24.6 Å². The Hall–Kier alpha value is -1.39. The number of carbonyl (C=O) groups is 1. The first-order chi connectivity index (χ1) is 9.81. The van der Waals surface area contributed by atoms with Crippen LogP contribution < -0.4 is 0 Å². The molecule has 108 valence electrons. The average Bonchev–Trinajstić information content (AvgIpc) is 2.94. The summed E-state index contributed by atoms with van der Waals surface area (Å²) in [6.45, 7) is 1.30. The van der Waals surface area contributed by atoms with Crippen molar-refractivity contribution in [3.05, 3.63) is 11.9 Å². The van der Waals surface area contributed by atoms with Gasteiger partial charge in [-0.3, -0.25) is 4.79 Å². The van der Waals surface area contributed by atoms with Crippen molar-refractivity contribution in [1.82, 2.24) is 19.9 Å². The van der Waals surface area contributed by atoms with Crippen molar-refractivity contribution in [2.45, 2.75) is 63.5 Å². The van der Waals surface area contributed by atoms with Crippen molar-refractivity contribution in [2.24, 2.45) is 5.92 Å². The van der Waals surface area contributed by atoms with E-state index in [1.54, 1.807) is 4.68 Å². The van der Waals surface area contributed by atoms with Crippen LogP contribution in [0.3, 0.4) is 0 Å². The predicted molar refractivity (Wildman–Crippen MR) is 74.1 cm³/mol. The first-order valence-corrected chi connectivity index (χ1v) is 8.01. The van der Waals surface area contributed by atoms with E-state index >= 15 is 0 Å². The van der Waals surface area contributed by atoms with Crippen molar-refractivity contribution in [3.8, 4) is 0 Å². The van der Waals surface area contributed by atoms with Gasteiger partial charge < -0.3 is 4.90 Å². The Kier molecular flexibility index (Phi) is 3.00. The zero-order valence-corrected chi connectivity index (χ0v) is 11.9. The molecule has 1 saturated heterocycles. The van der Waals surface area contributed by atoms with Crippen LogP contribution in [-0.2, 0) is 11.3 Å². The maximum Gasteiger partial charge on any atom is 0.244 e. The molecule has 20 heavy (non-hydrogen) atoms. The molecule has 3 fully saturated rings. The second kappa shape index (κ2) is 4.86. The molecule has 2 aliphatic carbocycles. The maximum atomic E-state index is 12.5. The first kappa shape index (κ1) is 12.4. The molecule has 2 saturated carbocycles. The largest absolute Gasteiger partial charge is 0.338 e. The number of hydrogen-bond donors (Lipinski definition) is 0. The van der Waals surface area contributed by atoms with Gasteiger partial charge in [0.05, 0.1) is 5.69 Å². The van der Waals surface area contributed by atoms with Gasteiger partial charge in [-0.2, -0.15) is 0 Å². The Morgan fingerprint density at radius 1 is 1.20 bits per heavy atom. The van der Waals surface area contributed by atoms with Crippen LogP contribution in [0.25, 0.3) is 0 Å². The van der Waals surface area contributed by atoms with E-state index in [2.05, 4.69) is 15.2 Å². The monoisotopic (exact) mass is 274 g/mol. The zero-order valence-electron chi connectivity index (χ0n) is 11.9. The van der Waals surface area contributed by atoms with E-state index < -0.39 is 0 Å². The molecule has 0 aromatic carbocycles. The van der Waals surface area contributed by atoms with Crippen LogP contribution in [0.4, 0.5) is 0 Å². The minimum Gasteiger partial charge on any atom is -0.338 e. The number of nitrogens with zero attached hydrogens (tertiary/aromatic N) is 4. The van der Waals surface area contributed by atoms with Crippen molar-refractivity contribution < 1.29 is 4.79 Å². The molecule has 1 aromatic rings. The molecule has 4 rings (SSSR count). The van der Waals surface area contributed by atoms with E-state index in [1.807, 2.05) is 6.20 Å². The molecular formula is C15H22N4O. The molecular weight excluding hydrogens is 252 g/mol. The average molecular weight is 274 g/mol. The summed E-state index contributed by atoms with van der Waals surface area (Å²) < 4.78 is 1.73. The Bertz CT molecular complexity index is 504. The number of aromatic nitrogens is 3. The molecule has 5 nitrogen and oxygen atoms in total. The number of likely N-dealkylation sites (tertiary alicyclic amines) is 1. The number of carbonyl (C=O) groups excluding carboxylic acids is 1. The lowest BCUT2D eigenvalue weighted by molar-refractivity contribution is -0.134. The normalized spacial score (nSPS) is 26.8. The van der Waals surface area contributed by atoms with Gasteiger partial charge in [0.1, 0.15) is 6.54 Å². The van der Waals surface area contributed by atoms with Crippen molar-refractivity contribution in [1.29, 1.82) is 0 Å². The zero-order chi connectivity index (χ0) is 13.5. The molecule has 0 N–H and O–H groups in total. The fourth-order valence-electron chi connectivity index (χ4n) is 3.60. The molecule has 5 heteroatoms. The quantitative estimate of drug-likeness (QED) is 0.843. The van der Waals surface area contributed by atoms with Crippen LogP contribution >= 0.6 is 0 Å². The summed E-state index contributed by atoms with van der Waals surface area (Å²) in [6, 6.07) is 0.502. The Morgan fingerprint density at radius 2 is 2.05 bits per heavy atom. The molecule has 1 aliphatic heterocycles. The molecule has 1 aromatic heterocycles. The molecule has 2 heterocycles. The van der Waals surface area contributed by atoms with Gasteiger partial charge in [-0.1, -0.05) is 11.6 Å². The van der Waals surface area contributed by atoms with Crippen LogP contribution in [0.1, 0.15) is 56.6 Å². The highest BCUT2D eigenvalue weighted by Gasteiger charge is 2.37. The molecule has 1 atom stereocenters. The summed E-state index contributed by atoms with van der Waals surface area (Å²) in [5, 5.41) is 8.29. The smallest absolute Gasteiger partial charge is 0.244 e. The van der Waals surface area contributed by atoms with Gasteiger partial charge >= 0.3 is 0 Å². The SMILES string of the molecule is O=C(Cn1cc(C2CC2)nn1)N1CCC[C@@H]1C1CCC1. The second-order valence-corrected chi connectivity index (χ2v) is 6.60. The summed E-state index contributed by atoms with van der Waals surface area (Å²) in [5.74, 6) is 1.60. The fraction of sp³-hybridized carbons (Fsp3) is 0.800. The summed E-state index contributed by atoms with van der Waals surface area (Å²) in [4.78, 5) is 14.6. The highest BCUT2D eigenvalue weighted by molar-refractivity contribution is 5.76. The highest BCUT2D eigenvalue weighted by Crippen LogP contribution is 2.39. The van der Waals surface area contributed by atoms with E-state index in [4.69, 9.17) is 0 Å². The minimum atomic E-state index is 0.228. The molecule has 3 aliphatic rings. The molecule has 0 radical (unpaired) electrons. The van der Waals surface area contributed by atoms with Gasteiger partial charge in [-0.25, -0.2) is 4.68 Å². The van der Waals surface area contributed by atoms with Crippen LogP contribution in [0.5, 0.6) is 0 Å². The third-order valence-electron chi connectivity index (χ3n) is 5.16. The number of amides is 1. The van der Waals surface area contributed by atoms with Gasteiger partial charge in [-0.15, -0.1) is 5.10 Å². The summed E-state index contributed by atoms with van der Waals surface area (Å²) >= 11 is 0. The summed E-state index contributed by atoms with van der Waals surface area (Å²) in [7, 11) is 0. The Morgan fingerprint density at radius 3 is 2.75 bits per heavy atom. The van der Waals surface area contributed by atoms with Crippen molar-refractivity contribution in [3.63, 3.8) is 0 Å². The second-order valence-electron chi connectivity index (χ2n) is 6.60. The fourth-order valence-corrected chi connectivity index (χ4v) is 3.60. The molecule has 0 bridgehead atoms. The highest BCUT2D eigenvalue weighted by atomic mass is 16.2. The van der Waals surface area contributed by atoms with Crippen molar-refractivity contribution in [2.75, 3.05) is 6.54 Å². The van der Waals surface area contributed by atoms with Crippen LogP contribution in [0, 0.1) is 5.92 Å². The van der Waals surface area contributed by atoms with E-state index in [0.29, 0.717) is 18.5 Å². The van der Waals surface area contributed by atoms with Gasteiger partial charge in [0, 0.05) is 24.7 Å². The Balaban J connectivity index is 1.40. The van der Waals surface area contributed by atoms with Crippen LogP contribution in [-0.4, -0.2) is 38.4 Å².